The lowest BCUT2D eigenvalue weighted by atomic mass is 10.2. The molecular weight excluding hydrogens is 309 g/mol. The molecule has 3 nitrogen and oxygen atoms in total. The number of amides is 1. The molecule has 0 bridgehead atoms. The van der Waals surface area contributed by atoms with Crippen LogP contribution in [0, 0.1) is 18.7 Å². The fourth-order valence-corrected chi connectivity index (χ4v) is 2.01. The normalized spacial score (nSPS) is 10.4. The van der Waals surface area contributed by atoms with Gasteiger partial charge in [0.15, 0.2) is 5.82 Å². The summed E-state index contributed by atoms with van der Waals surface area (Å²) in [5, 5.41) is 2.80. The van der Waals surface area contributed by atoms with Crippen LogP contribution in [0.4, 0.5) is 14.5 Å². The third-order valence-electron chi connectivity index (χ3n) is 2.61. The maximum Gasteiger partial charge on any atom is 0.258 e. The van der Waals surface area contributed by atoms with Crippen LogP contribution in [-0.4, -0.2) is 10.9 Å². The summed E-state index contributed by atoms with van der Waals surface area (Å²) in [5.41, 5.74) is 0.355. The van der Waals surface area contributed by atoms with E-state index in [4.69, 9.17) is 23.2 Å². The lowest BCUT2D eigenvalue weighted by Crippen LogP contribution is -2.15. The Kier molecular flexibility index (Phi) is 4.20. The highest BCUT2D eigenvalue weighted by atomic mass is 35.5. The van der Waals surface area contributed by atoms with Gasteiger partial charge in [0.05, 0.1) is 21.3 Å². The predicted molar refractivity (Wildman–Crippen MR) is 73.3 cm³/mol. The molecule has 0 aliphatic carbocycles. The number of aromatic nitrogens is 1. The molecule has 2 rings (SSSR count). The van der Waals surface area contributed by atoms with E-state index in [1.54, 1.807) is 19.1 Å². The second-order valence-electron chi connectivity index (χ2n) is 3.97. The summed E-state index contributed by atoms with van der Waals surface area (Å²) in [6.45, 7) is 1.72. The van der Waals surface area contributed by atoms with Gasteiger partial charge >= 0.3 is 0 Å². The molecule has 104 valence electrons. The van der Waals surface area contributed by atoms with E-state index >= 15 is 0 Å². The van der Waals surface area contributed by atoms with E-state index < -0.39 is 23.2 Å². The van der Waals surface area contributed by atoms with E-state index in [9.17, 15) is 13.6 Å². The Morgan fingerprint density at radius 3 is 2.65 bits per heavy atom. The lowest BCUT2D eigenvalue weighted by molar-refractivity contribution is 0.102. The molecule has 0 unspecified atom stereocenters. The number of halogens is 4. The van der Waals surface area contributed by atoms with E-state index in [1.165, 1.54) is 0 Å². The van der Waals surface area contributed by atoms with Crippen LogP contribution in [0.25, 0.3) is 0 Å². The quantitative estimate of drug-likeness (QED) is 0.842. The van der Waals surface area contributed by atoms with Gasteiger partial charge in [0.2, 0.25) is 5.95 Å². The average Bonchev–Trinajstić information content (AvgIpc) is 2.42. The SMILES string of the molecule is Cc1ccc(Cl)c(NC(=O)c2ccnc(F)c2F)c1Cl. The summed E-state index contributed by atoms with van der Waals surface area (Å²) < 4.78 is 26.5. The van der Waals surface area contributed by atoms with Crippen LogP contribution < -0.4 is 5.32 Å². The number of carbonyl (C=O) groups excluding carboxylic acids is 1. The molecule has 0 saturated heterocycles. The largest absolute Gasteiger partial charge is 0.319 e. The van der Waals surface area contributed by atoms with Gasteiger partial charge in [0.1, 0.15) is 0 Å². The fourth-order valence-electron chi connectivity index (χ4n) is 1.55. The van der Waals surface area contributed by atoms with Crippen LogP contribution in [0.2, 0.25) is 10.0 Å². The Morgan fingerprint density at radius 2 is 1.95 bits per heavy atom. The number of rotatable bonds is 2. The van der Waals surface area contributed by atoms with Crippen molar-refractivity contribution in [3.05, 3.63) is 57.3 Å². The van der Waals surface area contributed by atoms with Gasteiger partial charge in [-0.05, 0) is 24.6 Å². The second-order valence-corrected chi connectivity index (χ2v) is 4.76. The zero-order valence-electron chi connectivity index (χ0n) is 10.2. The van der Waals surface area contributed by atoms with Crippen molar-refractivity contribution in [2.45, 2.75) is 6.92 Å². The van der Waals surface area contributed by atoms with Crippen molar-refractivity contribution in [2.75, 3.05) is 5.32 Å². The van der Waals surface area contributed by atoms with Gasteiger partial charge in [-0.1, -0.05) is 29.3 Å². The van der Waals surface area contributed by atoms with Gasteiger partial charge in [-0.3, -0.25) is 4.79 Å². The van der Waals surface area contributed by atoms with Gasteiger partial charge in [0.25, 0.3) is 5.91 Å². The molecule has 0 fully saturated rings. The predicted octanol–water partition coefficient (Wildman–Crippen LogP) is 4.23. The number of pyridine rings is 1. The van der Waals surface area contributed by atoms with Gasteiger partial charge in [-0.25, -0.2) is 9.37 Å². The van der Waals surface area contributed by atoms with Crippen molar-refractivity contribution >= 4 is 34.8 Å². The molecule has 1 aromatic carbocycles. The minimum absolute atomic E-state index is 0.148. The smallest absolute Gasteiger partial charge is 0.258 e. The van der Waals surface area contributed by atoms with Crippen LogP contribution in [0.1, 0.15) is 15.9 Å². The average molecular weight is 317 g/mol. The standard InChI is InChI=1S/C13H8Cl2F2N2O/c1-6-2-3-8(14)11(9(6)15)19-13(20)7-4-5-18-12(17)10(7)16/h2-5H,1H3,(H,19,20). The van der Waals surface area contributed by atoms with E-state index in [1.807, 2.05) is 0 Å². The first-order chi connectivity index (χ1) is 9.41. The summed E-state index contributed by atoms with van der Waals surface area (Å²) in [5.74, 6) is -3.54. The third-order valence-corrected chi connectivity index (χ3v) is 3.42. The molecule has 0 atom stereocenters. The molecule has 0 saturated carbocycles. The fraction of sp³-hybridized carbons (Fsp3) is 0.0769. The molecule has 0 aliphatic heterocycles. The first-order valence-corrected chi connectivity index (χ1v) is 6.23. The highest BCUT2D eigenvalue weighted by molar-refractivity contribution is 6.40. The van der Waals surface area contributed by atoms with Crippen LogP contribution >= 0.6 is 23.2 Å². The summed E-state index contributed by atoms with van der Waals surface area (Å²) in [6.07, 6.45) is 0.993. The van der Waals surface area contributed by atoms with Crippen molar-refractivity contribution < 1.29 is 13.6 Å². The van der Waals surface area contributed by atoms with Crippen LogP contribution in [-0.2, 0) is 0 Å². The summed E-state index contributed by atoms with van der Waals surface area (Å²) in [6, 6.07) is 4.28. The Labute approximate surface area is 123 Å². The number of benzene rings is 1. The van der Waals surface area contributed by atoms with E-state index in [2.05, 4.69) is 10.3 Å². The molecule has 1 amide bonds. The van der Waals surface area contributed by atoms with E-state index in [-0.39, 0.29) is 15.7 Å². The van der Waals surface area contributed by atoms with Gasteiger partial charge in [0, 0.05) is 6.20 Å². The number of carbonyl (C=O) groups is 1. The molecule has 0 aliphatic rings. The molecule has 1 N–H and O–H groups in total. The monoisotopic (exact) mass is 316 g/mol. The van der Waals surface area contributed by atoms with Gasteiger partial charge in [-0.15, -0.1) is 0 Å². The summed E-state index contributed by atoms with van der Waals surface area (Å²) in [4.78, 5) is 15.0. The Hall–Kier alpha value is -1.72. The van der Waals surface area contributed by atoms with E-state index in [0.717, 1.165) is 12.3 Å². The van der Waals surface area contributed by atoms with Gasteiger partial charge in [-0.2, -0.15) is 4.39 Å². The molecule has 0 radical (unpaired) electrons. The summed E-state index contributed by atoms with van der Waals surface area (Å²) in [7, 11) is 0. The molecule has 1 heterocycles. The van der Waals surface area contributed by atoms with Crippen LogP contribution in [0.3, 0.4) is 0 Å². The molecule has 20 heavy (non-hydrogen) atoms. The Morgan fingerprint density at radius 1 is 1.25 bits per heavy atom. The topological polar surface area (TPSA) is 42.0 Å². The summed E-state index contributed by atoms with van der Waals surface area (Å²) >= 11 is 11.9. The number of hydrogen-bond donors (Lipinski definition) is 1. The van der Waals surface area contributed by atoms with Crippen molar-refractivity contribution in [1.29, 1.82) is 0 Å². The second kappa shape index (κ2) is 5.73. The van der Waals surface area contributed by atoms with Crippen molar-refractivity contribution in [2.24, 2.45) is 0 Å². The maximum atomic E-state index is 13.5. The van der Waals surface area contributed by atoms with E-state index in [0.29, 0.717) is 5.56 Å². The third kappa shape index (κ3) is 2.73. The molecule has 1 aromatic heterocycles. The molecular formula is C13H8Cl2F2N2O. The molecule has 2 aromatic rings. The lowest BCUT2D eigenvalue weighted by Gasteiger charge is -2.11. The minimum Gasteiger partial charge on any atom is -0.319 e. The maximum absolute atomic E-state index is 13.5. The van der Waals surface area contributed by atoms with Crippen molar-refractivity contribution in [3.8, 4) is 0 Å². The number of anilines is 1. The van der Waals surface area contributed by atoms with Crippen molar-refractivity contribution in [1.82, 2.24) is 4.98 Å². The zero-order valence-corrected chi connectivity index (χ0v) is 11.7. The first kappa shape index (κ1) is 14.7. The number of aryl methyl sites for hydroxylation is 1. The number of nitrogens with one attached hydrogen (secondary N) is 1. The number of nitrogens with zero attached hydrogens (tertiary/aromatic N) is 1. The zero-order chi connectivity index (χ0) is 14.9. The number of hydrogen-bond acceptors (Lipinski definition) is 2. The van der Waals surface area contributed by atoms with Crippen LogP contribution in [0.5, 0.6) is 0 Å². The highest BCUT2D eigenvalue weighted by Crippen LogP contribution is 2.33. The Balaban J connectivity index is 2.38. The van der Waals surface area contributed by atoms with Gasteiger partial charge < -0.3 is 5.32 Å². The Bertz CT molecular complexity index is 692. The van der Waals surface area contributed by atoms with Crippen LogP contribution in [0.15, 0.2) is 24.4 Å². The molecule has 0 spiro atoms. The highest BCUT2D eigenvalue weighted by Gasteiger charge is 2.18. The minimum atomic E-state index is -1.35. The molecule has 7 heteroatoms. The van der Waals surface area contributed by atoms with Crippen molar-refractivity contribution in [3.63, 3.8) is 0 Å². The first-order valence-electron chi connectivity index (χ1n) is 5.47.